The van der Waals surface area contributed by atoms with Crippen LogP contribution in [0.4, 0.5) is 0 Å². The van der Waals surface area contributed by atoms with Crippen molar-refractivity contribution in [3.05, 3.63) is 48.0 Å². The van der Waals surface area contributed by atoms with Crippen LogP contribution in [0.3, 0.4) is 0 Å². The average Bonchev–Trinajstić information content (AvgIpc) is 3.43. The molecule has 3 heterocycles. The smallest absolute Gasteiger partial charge is 0.241 e. The summed E-state index contributed by atoms with van der Waals surface area (Å²) in [4.78, 5) is 19.5. The lowest BCUT2D eigenvalue weighted by atomic mass is 9.94. The lowest BCUT2D eigenvalue weighted by Gasteiger charge is -2.33. The van der Waals surface area contributed by atoms with Crippen LogP contribution in [0.5, 0.6) is 5.75 Å². The summed E-state index contributed by atoms with van der Waals surface area (Å²) in [5.41, 5.74) is 7.60. The Balaban J connectivity index is 1.33. The van der Waals surface area contributed by atoms with Crippen molar-refractivity contribution in [2.75, 3.05) is 20.2 Å². The topological polar surface area (TPSA) is 71.4 Å². The van der Waals surface area contributed by atoms with E-state index in [0.717, 1.165) is 56.0 Å². The fourth-order valence-corrected chi connectivity index (χ4v) is 4.32. The summed E-state index contributed by atoms with van der Waals surface area (Å²) in [5.74, 6) is 2.63. The molecule has 2 unspecified atom stereocenters. The second kappa shape index (κ2) is 8.32. The summed E-state index contributed by atoms with van der Waals surface area (Å²) in [6.07, 6.45) is 6.61. The number of amides is 1. The van der Waals surface area contributed by atoms with Crippen molar-refractivity contribution in [3.63, 3.8) is 0 Å². The van der Waals surface area contributed by atoms with E-state index >= 15 is 0 Å². The number of aromatic nitrogens is 2. The van der Waals surface area contributed by atoms with E-state index in [0.29, 0.717) is 5.92 Å². The molecule has 0 radical (unpaired) electrons. The minimum Gasteiger partial charge on any atom is -0.497 e. The van der Waals surface area contributed by atoms with Crippen LogP contribution >= 0.6 is 0 Å². The van der Waals surface area contributed by atoms with E-state index in [9.17, 15) is 4.79 Å². The fraction of sp³-hybridized carbons (Fsp3) is 0.524. The Bertz CT molecular complexity index is 813. The predicted molar refractivity (Wildman–Crippen MR) is 107 cm³/mol. The predicted octanol–water partition coefficient (Wildman–Crippen LogP) is 2.23. The highest BCUT2D eigenvalue weighted by Crippen LogP contribution is 2.29. The number of nitrogens with one attached hydrogen (secondary N) is 2. The van der Waals surface area contributed by atoms with E-state index in [1.807, 2.05) is 35.5 Å². The Morgan fingerprint density at radius 3 is 2.86 bits per heavy atom. The minimum absolute atomic E-state index is 0.110. The standard InChI is InChI=1S/C21H29N5O2/c1-3-25-12-9-22-20(25)15-7-10-26(11-8-15)21(27)19-14-18(23-24-19)16-5-4-6-17(13-16)28-2/h4-6,9,12-13,15,18-19,23-24H,3,7-8,10-11,14H2,1-2H3. The van der Waals surface area contributed by atoms with Gasteiger partial charge in [0, 0.05) is 44.0 Å². The van der Waals surface area contributed by atoms with Crippen molar-refractivity contribution < 1.29 is 9.53 Å². The van der Waals surface area contributed by atoms with E-state index in [1.165, 1.54) is 0 Å². The van der Waals surface area contributed by atoms with E-state index in [1.54, 1.807) is 7.11 Å². The Morgan fingerprint density at radius 1 is 1.29 bits per heavy atom. The zero-order valence-corrected chi connectivity index (χ0v) is 16.6. The van der Waals surface area contributed by atoms with Crippen LogP contribution in [-0.2, 0) is 11.3 Å². The first-order chi connectivity index (χ1) is 13.7. The molecule has 150 valence electrons. The number of likely N-dealkylation sites (tertiary alicyclic amines) is 1. The van der Waals surface area contributed by atoms with Crippen molar-refractivity contribution in [1.82, 2.24) is 25.3 Å². The highest BCUT2D eigenvalue weighted by molar-refractivity contribution is 5.82. The molecule has 0 aliphatic carbocycles. The second-order valence-corrected chi connectivity index (χ2v) is 7.58. The van der Waals surface area contributed by atoms with Crippen LogP contribution in [-0.4, -0.2) is 46.6 Å². The molecule has 28 heavy (non-hydrogen) atoms. The summed E-state index contributed by atoms with van der Waals surface area (Å²) >= 11 is 0. The van der Waals surface area contributed by atoms with Gasteiger partial charge in [-0.25, -0.2) is 15.8 Å². The first-order valence-corrected chi connectivity index (χ1v) is 10.1. The van der Waals surface area contributed by atoms with Gasteiger partial charge in [-0.05, 0) is 43.9 Å². The van der Waals surface area contributed by atoms with Gasteiger partial charge < -0.3 is 14.2 Å². The highest BCUT2D eigenvalue weighted by atomic mass is 16.5. The first kappa shape index (κ1) is 19.0. The Morgan fingerprint density at radius 2 is 2.11 bits per heavy atom. The van der Waals surface area contributed by atoms with Gasteiger partial charge in [-0.1, -0.05) is 12.1 Å². The molecule has 4 rings (SSSR count). The highest BCUT2D eigenvalue weighted by Gasteiger charge is 2.35. The van der Waals surface area contributed by atoms with Gasteiger partial charge in [-0.3, -0.25) is 4.79 Å². The Labute approximate surface area is 166 Å². The van der Waals surface area contributed by atoms with Gasteiger partial charge in [0.2, 0.25) is 5.91 Å². The lowest BCUT2D eigenvalue weighted by Crippen LogP contribution is -2.48. The molecule has 7 heteroatoms. The number of imidazole rings is 1. The van der Waals surface area contributed by atoms with Crippen LogP contribution in [0.15, 0.2) is 36.7 Å². The number of carbonyl (C=O) groups excluding carboxylic acids is 1. The molecule has 1 aromatic carbocycles. The summed E-state index contributed by atoms with van der Waals surface area (Å²) in [7, 11) is 1.67. The third kappa shape index (κ3) is 3.77. The van der Waals surface area contributed by atoms with E-state index in [2.05, 4.69) is 33.4 Å². The minimum atomic E-state index is -0.189. The molecule has 7 nitrogen and oxygen atoms in total. The first-order valence-electron chi connectivity index (χ1n) is 10.1. The van der Waals surface area contributed by atoms with Gasteiger partial charge in [0.05, 0.1) is 7.11 Å². The molecular weight excluding hydrogens is 354 g/mol. The van der Waals surface area contributed by atoms with E-state index in [4.69, 9.17) is 4.74 Å². The van der Waals surface area contributed by atoms with Gasteiger partial charge in [0.15, 0.2) is 0 Å². The van der Waals surface area contributed by atoms with Crippen LogP contribution < -0.4 is 15.6 Å². The number of aryl methyl sites for hydroxylation is 1. The van der Waals surface area contributed by atoms with Gasteiger partial charge >= 0.3 is 0 Å². The number of hydrogen-bond acceptors (Lipinski definition) is 5. The maximum Gasteiger partial charge on any atom is 0.241 e. The third-order valence-electron chi connectivity index (χ3n) is 5.96. The molecule has 2 atom stereocenters. The quantitative estimate of drug-likeness (QED) is 0.829. The number of methoxy groups -OCH3 is 1. The van der Waals surface area contributed by atoms with Crippen molar-refractivity contribution in [1.29, 1.82) is 0 Å². The van der Waals surface area contributed by atoms with E-state index < -0.39 is 0 Å². The molecule has 2 aliphatic heterocycles. The monoisotopic (exact) mass is 383 g/mol. The summed E-state index contributed by atoms with van der Waals surface area (Å²) < 4.78 is 7.52. The maximum atomic E-state index is 13.0. The largest absolute Gasteiger partial charge is 0.497 e. The van der Waals surface area contributed by atoms with Gasteiger partial charge in [-0.15, -0.1) is 0 Å². The molecule has 2 N–H and O–H groups in total. The fourth-order valence-electron chi connectivity index (χ4n) is 4.32. The normalized spacial score (nSPS) is 23.1. The molecule has 0 saturated carbocycles. The van der Waals surface area contributed by atoms with Crippen molar-refractivity contribution >= 4 is 5.91 Å². The zero-order valence-electron chi connectivity index (χ0n) is 16.6. The van der Waals surface area contributed by atoms with Crippen molar-refractivity contribution in [3.8, 4) is 5.75 Å². The van der Waals surface area contributed by atoms with Gasteiger partial charge in [0.25, 0.3) is 0 Å². The van der Waals surface area contributed by atoms with Crippen molar-refractivity contribution in [2.45, 2.75) is 50.7 Å². The number of hydrogen-bond donors (Lipinski definition) is 2. The second-order valence-electron chi connectivity index (χ2n) is 7.58. The molecule has 2 aromatic rings. The molecule has 1 amide bonds. The van der Waals surface area contributed by atoms with Crippen LogP contribution in [0, 0.1) is 0 Å². The average molecular weight is 383 g/mol. The number of hydrazine groups is 1. The SMILES string of the molecule is CCn1ccnc1C1CCN(C(=O)C2CC(c3cccc(OC)c3)NN2)CC1. The molecular formula is C21H29N5O2. The number of ether oxygens (including phenoxy) is 1. The molecule has 0 spiro atoms. The maximum absolute atomic E-state index is 13.0. The molecule has 2 saturated heterocycles. The number of piperidine rings is 1. The molecule has 2 aliphatic rings. The van der Waals surface area contributed by atoms with Crippen LogP contribution in [0.25, 0.3) is 0 Å². The molecule has 0 bridgehead atoms. The molecule has 2 fully saturated rings. The lowest BCUT2D eigenvalue weighted by molar-refractivity contribution is -0.134. The Kier molecular flexibility index (Phi) is 5.64. The van der Waals surface area contributed by atoms with Crippen molar-refractivity contribution in [2.24, 2.45) is 0 Å². The van der Waals surface area contributed by atoms with Crippen LogP contribution in [0.2, 0.25) is 0 Å². The molecule has 1 aromatic heterocycles. The van der Waals surface area contributed by atoms with Crippen LogP contribution in [0.1, 0.15) is 49.5 Å². The van der Waals surface area contributed by atoms with E-state index in [-0.39, 0.29) is 18.0 Å². The van der Waals surface area contributed by atoms with Gasteiger partial charge in [-0.2, -0.15) is 0 Å². The summed E-state index contributed by atoms with van der Waals surface area (Å²) in [6.45, 7) is 4.67. The Hall–Kier alpha value is -2.38. The summed E-state index contributed by atoms with van der Waals surface area (Å²) in [6, 6.07) is 7.92. The number of nitrogens with zero attached hydrogens (tertiary/aromatic N) is 3. The zero-order chi connectivity index (χ0) is 19.5. The summed E-state index contributed by atoms with van der Waals surface area (Å²) in [5, 5.41) is 0. The number of carbonyl (C=O) groups is 1. The number of rotatable bonds is 5. The third-order valence-corrected chi connectivity index (χ3v) is 5.96. The number of benzene rings is 1. The van der Waals surface area contributed by atoms with Gasteiger partial charge in [0.1, 0.15) is 17.6 Å².